The molecule has 3 aliphatic carbocycles. The van der Waals surface area contributed by atoms with E-state index >= 15 is 0 Å². The first kappa shape index (κ1) is 30.2. The van der Waals surface area contributed by atoms with Crippen molar-refractivity contribution in [2.45, 2.75) is 104 Å². The van der Waals surface area contributed by atoms with Gasteiger partial charge in [0, 0.05) is 34.5 Å². The summed E-state index contributed by atoms with van der Waals surface area (Å²) >= 11 is 0. The molecule has 3 saturated carbocycles. The average Bonchev–Trinajstić information content (AvgIpc) is 3.57. The highest BCUT2D eigenvalue weighted by Crippen LogP contribution is 2.77. The van der Waals surface area contributed by atoms with Gasteiger partial charge in [-0.15, -0.1) is 0 Å². The fourth-order valence-corrected chi connectivity index (χ4v) is 9.89. The first-order chi connectivity index (χ1) is 20.1. The fourth-order valence-electron chi connectivity index (χ4n) is 9.89. The number of esters is 4. The number of rotatable bonds is 6. The van der Waals surface area contributed by atoms with E-state index < -0.39 is 88.1 Å². The van der Waals surface area contributed by atoms with Crippen molar-refractivity contribution in [3.63, 3.8) is 0 Å². The van der Waals surface area contributed by atoms with Crippen LogP contribution in [0.25, 0.3) is 0 Å². The minimum absolute atomic E-state index is 0.0181. The summed E-state index contributed by atoms with van der Waals surface area (Å²) in [5.41, 5.74) is -3.44. The molecule has 0 amide bonds. The van der Waals surface area contributed by atoms with Gasteiger partial charge in [0.05, 0.1) is 30.9 Å². The molecule has 11 heteroatoms. The maximum Gasteiger partial charge on any atom is 0.340 e. The zero-order valence-electron chi connectivity index (χ0n) is 25.8. The fraction of sp³-hybridized carbons (Fsp3) is 0.781. The van der Waals surface area contributed by atoms with Gasteiger partial charge in [-0.25, -0.2) is 4.79 Å². The van der Waals surface area contributed by atoms with E-state index in [0.29, 0.717) is 19.3 Å². The van der Waals surface area contributed by atoms with Crippen LogP contribution >= 0.6 is 0 Å². The average molecular weight is 603 g/mol. The smallest absolute Gasteiger partial charge is 0.340 e. The predicted molar refractivity (Wildman–Crippen MR) is 146 cm³/mol. The maximum atomic E-state index is 14.7. The number of ether oxygens (including phenoxy) is 5. The highest BCUT2D eigenvalue weighted by molar-refractivity contribution is 5.94. The Hall–Kier alpha value is -2.79. The second kappa shape index (κ2) is 9.60. The molecular weight excluding hydrogens is 560 g/mol. The van der Waals surface area contributed by atoms with Crippen LogP contribution in [0.5, 0.6) is 0 Å². The molecule has 3 aliphatic heterocycles. The Balaban J connectivity index is 1.48. The van der Waals surface area contributed by atoms with Crippen LogP contribution in [-0.4, -0.2) is 72.1 Å². The summed E-state index contributed by atoms with van der Waals surface area (Å²) in [6.07, 6.45) is -1.02. The molecule has 2 saturated heterocycles. The van der Waals surface area contributed by atoms with E-state index in [2.05, 4.69) is 0 Å². The molecule has 0 aromatic rings. The third-order valence-corrected chi connectivity index (χ3v) is 12.3. The van der Waals surface area contributed by atoms with E-state index in [0.717, 1.165) is 0 Å². The number of fused-ring (bicyclic) bond motifs is 5. The van der Waals surface area contributed by atoms with Crippen LogP contribution < -0.4 is 0 Å². The molecule has 0 aromatic carbocycles. The molecule has 2 unspecified atom stereocenters. The lowest BCUT2D eigenvalue weighted by molar-refractivity contribution is -0.219. The molecule has 1 spiro atoms. The lowest BCUT2D eigenvalue weighted by Crippen LogP contribution is -2.73. The van der Waals surface area contributed by atoms with Crippen LogP contribution in [-0.2, 0) is 47.7 Å². The van der Waals surface area contributed by atoms with Gasteiger partial charge in [0.15, 0.2) is 0 Å². The Morgan fingerprint density at radius 1 is 1.12 bits per heavy atom. The van der Waals surface area contributed by atoms with Crippen LogP contribution in [0.3, 0.4) is 0 Å². The maximum absolute atomic E-state index is 14.7. The van der Waals surface area contributed by atoms with Crippen molar-refractivity contribution in [1.29, 1.82) is 0 Å². The molecule has 2 bridgehead atoms. The highest BCUT2D eigenvalue weighted by Gasteiger charge is 2.86. The third-order valence-electron chi connectivity index (χ3n) is 12.3. The van der Waals surface area contributed by atoms with Crippen LogP contribution in [0.4, 0.5) is 0 Å². The summed E-state index contributed by atoms with van der Waals surface area (Å²) in [7, 11) is 1.31. The number of carbonyl (C=O) groups excluding carboxylic acids is 5. The van der Waals surface area contributed by atoms with E-state index in [-0.39, 0.29) is 36.0 Å². The molecule has 236 valence electrons. The van der Waals surface area contributed by atoms with Crippen LogP contribution in [0.1, 0.15) is 73.6 Å². The van der Waals surface area contributed by atoms with E-state index in [4.69, 9.17) is 23.7 Å². The minimum Gasteiger partial charge on any atom is -0.469 e. The molecule has 1 N–H and O–H groups in total. The van der Waals surface area contributed by atoms with Gasteiger partial charge >= 0.3 is 23.9 Å². The quantitative estimate of drug-likeness (QED) is 0.271. The summed E-state index contributed by atoms with van der Waals surface area (Å²) in [6.45, 7) is 11.4. The summed E-state index contributed by atoms with van der Waals surface area (Å²) in [5.74, 6) is -4.71. The molecule has 0 radical (unpaired) electrons. The molecular formula is C32H42O11. The Morgan fingerprint density at radius 2 is 1.81 bits per heavy atom. The van der Waals surface area contributed by atoms with E-state index in [9.17, 15) is 29.1 Å². The van der Waals surface area contributed by atoms with Crippen molar-refractivity contribution in [1.82, 2.24) is 0 Å². The summed E-state index contributed by atoms with van der Waals surface area (Å²) < 4.78 is 28.8. The molecule has 12 atom stereocenters. The van der Waals surface area contributed by atoms with Crippen molar-refractivity contribution in [3.8, 4) is 0 Å². The number of Topliss-reactive ketones (excluding diaryl/α,β-unsaturated/α-hetero) is 1. The molecule has 6 rings (SSSR count). The number of aliphatic hydroxyl groups excluding tert-OH is 1. The Kier molecular flexibility index (Phi) is 6.75. The molecule has 3 heterocycles. The van der Waals surface area contributed by atoms with E-state index in [1.165, 1.54) is 13.2 Å². The van der Waals surface area contributed by atoms with E-state index in [1.54, 1.807) is 6.92 Å². The topological polar surface area (TPSA) is 155 Å². The SMILES string of the molecule is CCC(C)C(=O)O[C@@H]1[C@H]2C(=O)[C@](C)([C@H]3CC[C@]4(C)[C@@H](CC(=O)O[C@H]4C4=CC(O)OC4=O)[C@]34O[C@H]24)[C@@H](CC(=O)OC)C1(C)C. The van der Waals surface area contributed by atoms with Crippen molar-refractivity contribution >= 4 is 29.7 Å². The number of aliphatic hydroxyl groups is 1. The van der Waals surface area contributed by atoms with Crippen LogP contribution in [0.15, 0.2) is 11.6 Å². The summed E-state index contributed by atoms with van der Waals surface area (Å²) in [4.78, 5) is 66.7. The van der Waals surface area contributed by atoms with Crippen LogP contribution in [0, 0.1) is 45.8 Å². The molecule has 6 aliphatic rings. The number of hydrogen-bond donors (Lipinski definition) is 1. The van der Waals surface area contributed by atoms with Gasteiger partial charge in [-0.1, -0.05) is 41.5 Å². The van der Waals surface area contributed by atoms with Crippen molar-refractivity contribution < 1.29 is 52.8 Å². The summed E-state index contributed by atoms with van der Waals surface area (Å²) in [5, 5.41) is 9.99. The highest BCUT2D eigenvalue weighted by atomic mass is 16.6. The standard InChI is InChI=1S/C32H42O11/c1-8-14(2)27(37)42-25-22-23(36)31(6,17(29(25,3)4)12-19(33)39-7)16-9-10-30(5)18(32(16)26(22)43-32)13-21(35)40-24(30)15-11-20(34)41-28(15)38/h11,14,16-18,20,22,24-26,34H,8-10,12-13H2,1-7H3/t14?,16-,17+,18-,20?,22-,24+,25-,26-,30-,31-,32-/m1/s1. The number of hydrogen-bond acceptors (Lipinski definition) is 11. The van der Waals surface area contributed by atoms with Gasteiger partial charge in [0.2, 0.25) is 6.29 Å². The zero-order chi connectivity index (χ0) is 31.4. The molecule has 5 fully saturated rings. The second-order valence-corrected chi connectivity index (χ2v) is 14.5. The Labute approximate surface area is 250 Å². The second-order valence-electron chi connectivity index (χ2n) is 14.5. The summed E-state index contributed by atoms with van der Waals surface area (Å²) in [6, 6.07) is 0. The van der Waals surface area contributed by atoms with Crippen molar-refractivity contribution in [3.05, 3.63) is 11.6 Å². The lowest BCUT2D eigenvalue weighted by atomic mass is 9.37. The molecule has 11 nitrogen and oxygen atoms in total. The van der Waals surface area contributed by atoms with Gasteiger partial charge in [0.25, 0.3) is 0 Å². The molecule has 43 heavy (non-hydrogen) atoms. The van der Waals surface area contributed by atoms with Gasteiger partial charge < -0.3 is 28.8 Å². The normalized spacial score (nSPS) is 46.2. The Bertz CT molecular complexity index is 1320. The van der Waals surface area contributed by atoms with Crippen LogP contribution in [0.2, 0.25) is 0 Å². The molecule has 0 aromatic heterocycles. The number of methoxy groups -OCH3 is 1. The van der Waals surface area contributed by atoms with Gasteiger partial charge in [-0.3, -0.25) is 19.2 Å². The Morgan fingerprint density at radius 3 is 2.42 bits per heavy atom. The van der Waals surface area contributed by atoms with Crippen molar-refractivity contribution in [2.75, 3.05) is 7.11 Å². The minimum atomic E-state index is -1.42. The predicted octanol–water partition coefficient (Wildman–Crippen LogP) is 2.66. The first-order valence-corrected chi connectivity index (χ1v) is 15.4. The van der Waals surface area contributed by atoms with Gasteiger partial charge in [-0.2, -0.15) is 0 Å². The van der Waals surface area contributed by atoms with Gasteiger partial charge in [0.1, 0.15) is 29.7 Å². The van der Waals surface area contributed by atoms with Crippen molar-refractivity contribution in [2.24, 2.45) is 45.8 Å². The number of ketones is 1. The third kappa shape index (κ3) is 3.89. The zero-order valence-corrected chi connectivity index (χ0v) is 25.8. The first-order valence-electron chi connectivity index (χ1n) is 15.4. The van der Waals surface area contributed by atoms with E-state index in [1.807, 2.05) is 34.6 Å². The van der Waals surface area contributed by atoms with Gasteiger partial charge in [-0.05, 0) is 31.3 Å². The number of carbonyl (C=O) groups is 5. The largest absolute Gasteiger partial charge is 0.469 e. The monoisotopic (exact) mass is 602 g/mol. The lowest BCUT2D eigenvalue weighted by Gasteiger charge is -2.65. The number of cyclic esters (lactones) is 2. The number of epoxide rings is 1.